The van der Waals surface area contributed by atoms with Crippen LogP contribution in [0.3, 0.4) is 0 Å². The maximum atomic E-state index is 12.7. The molecule has 0 unspecified atom stereocenters. The van der Waals surface area contributed by atoms with Gasteiger partial charge < -0.3 is 10.6 Å². The molecule has 0 aliphatic heterocycles. The van der Waals surface area contributed by atoms with E-state index in [4.69, 9.17) is 5.26 Å². The molecule has 27 heavy (non-hydrogen) atoms. The molecule has 0 radical (unpaired) electrons. The highest BCUT2D eigenvalue weighted by Crippen LogP contribution is 2.23. The topological polar surface area (TPSA) is 69.5 Å². The smallest absolute Gasteiger partial charge is 0.282 e. The monoisotopic (exact) mass is 376 g/mol. The summed E-state index contributed by atoms with van der Waals surface area (Å²) in [5, 5.41) is 16.0. The average Bonchev–Trinajstić information content (AvgIpc) is 3.22. The summed E-state index contributed by atoms with van der Waals surface area (Å²) in [6, 6.07) is 21.4. The molecule has 1 amide bonds. The summed E-state index contributed by atoms with van der Waals surface area (Å²) < 4.78 is 0. The van der Waals surface area contributed by atoms with Crippen LogP contribution in [0.4, 0.5) is 5.69 Å². The number of thiophene rings is 1. The predicted octanol–water partition coefficient (Wildman–Crippen LogP) is 3.61. The van der Waals surface area contributed by atoms with Crippen LogP contribution in [-0.4, -0.2) is 11.9 Å². The number of hydrogen-bond acceptors (Lipinski definition) is 3. The quantitative estimate of drug-likeness (QED) is 0.690. The highest BCUT2D eigenvalue weighted by molar-refractivity contribution is 7.10. The summed E-state index contributed by atoms with van der Waals surface area (Å²) in [5.41, 5.74) is 3.67. The predicted molar refractivity (Wildman–Crippen MR) is 109 cm³/mol. The van der Waals surface area contributed by atoms with Gasteiger partial charge in [-0.1, -0.05) is 35.9 Å². The van der Waals surface area contributed by atoms with E-state index in [9.17, 15) is 4.79 Å². The first-order chi connectivity index (χ1) is 13.1. The number of hydrogen-bond donors (Lipinski definition) is 2. The third kappa shape index (κ3) is 4.82. The van der Waals surface area contributed by atoms with E-state index >= 15 is 0 Å². The zero-order valence-electron chi connectivity index (χ0n) is 15.3. The minimum absolute atomic E-state index is 0.0617. The number of aryl methyl sites for hydroxylation is 1. The van der Waals surface area contributed by atoms with Gasteiger partial charge in [-0.3, -0.25) is 4.79 Å². The van der Waals surface area contributed by atoms with Crippen molar-refractivity contribution in [3.05, 3.63) is 87.6 Å². The van der Waals surface area contributed by atoms with Gasteiger partial charge in [0.15, 0.2) is 6.04 Å². The Bertz CT molecular complexity index is 925. The van der Waals surface area contributed by atoms with Gasteiger partial charge in [0.05, 0.1) is 16.5 Å². The summed E-state index contributed by atoms with van der Waals surface area (Å²) in [4.78, 5) is 13.9. The summed E-state index contributed by atoms with van der Waals surface area (Å²) in [6.45, 7) is 3.98. The van der Waals surface area contributed by atoms with Crippen molar-refractivity contribution in [1.82, 2.24) is 0 Å². The van der Waals surface area contributed by atoms with E-state index in [0.717, 1.165) is 0 Å². The molecular weight excluding hydrogens is 354 g/mol. The first-order valence-corrected chi connectivity index (χ1v) is 9.71. The summed E-state index contributed by atoms with van der Waals surface area (Å²) >= 11 is 1.70. The number of carbonyl (C=O) groups excluding carboxylic acids is 1. The van der Waals surface area contributed by atoms with Crippen LogP contribution in [0, 0.1) is 18.3 Å². The second-order valence-corrected chi connectivity index (χ2v) is 7.54. The fourth-order valence-corrected chi connectivity index (χ4v) is 3.71. The van der Waals surface area contributed by atoms with Crippen LogP contribution in [0.15, 0.2) is 66.0 Å². The van der Waals surface area contributed by atoms with Crippen molar-refractivity contribution in [2.75, 3.05) is 5.32 Å². The number of amides is 1. The van der Waals surface area contributed by atoms with Crippen LogP contribution in [-0.2, 0) is 4.79 Å². The van der Waals surface area contributed by atoms with E-state index in [2.05, 4.69) is 59.3 Å². The normalized spacial score (nSPS) is 12.8. The van der Waals surface area contributed by atoms with Gasteiger partial charge in [0.25, 0.3) is 5.91 Å². The molecule has 5 heteroatoms. The lowest BCUT2D eigenvalue weighted by Crippen LogP contribution is -2.92. The molecule has 0 fully saturated rings. The van der Waals surface area contributed by atoms with Crippen LogP contribution in [0.1, 0.15) is 34.5 Å². The Morgan fingerprint density at radius 3 is 2.41 bits per heavy atom. The SMILES string of the molecule is Cc1ccc([C@@H]([NH2+][C@H](C)C(=O)Nc2ccc(C#N)cc2)c2cccs2)cc1. The average molecular weight is 377 g/mol. The molecule has 3 rings (SSSR count). The van der Waals surface area contributed by atoms with E-state index in [1.165, 1.54) is 16.0 Å². The minimum Gasteiger partial charge on any atom is -0.326 e. The van der Waals surface area contributed by atoms with Crippen molar-refractivity contribution in [3.63, 3.8) is 0 Å². The third-order valence-electron chi connectivity index (χ3n) is 4.46. The molecule has 136 valence electrons. The molecule has 3 aromatic rings. The lowest BCUT2D eigenvalue weighted by atomic mass is 10.0. The Hall–Kier alpha value is -2.94. The van der Waals surface area contributed by atoms with Crippen molar-refractivity contribution < 1.29 is 10.1 Å². The van der Waals surface area contributed by atoms with Crippen molar-refractivity contribution in [1.29, 1.82) is 5.26 Å². The Kier molecular flexibility index (Phi) is 6.02. The fraction of sp³-hybridized carbons (Fsp3) is 0.182. The van der Waals surface area contributed by atoms with Gasteiger partial charge in [0, 0.05) is 11.3 Å². The highest BCUT2D eigenvalue weighted by Gasteiger charge is 2.25. The van der Waals surface area contributed by atoms with E-state index < -0.39 is 0 Å². The summed E-state index contributed by atoms with van der Waals surface area (Å²) in [5.74, 6) is -0.0617. The van der Waals surface area contributed by atoms with Gasteiger partial charge in [0.1, 0.15) is 6.04 Å². The summed E-state index contributed by atoms with van der Waals surface area (Å²) in [7, 11) is 0. The minimum atomic E-state index is -0.269. The molecule has 0 saturated carbocycles. The fourth-order valence-electron chi connectivity index (χ4n) is 2.87. The molecule has 0 bridgehead atoms. The Labute approximate surface area is 163 Å². The van der Waals surface area contributed by atoms with Gasteiger partial charge in [-0.15, -0.1) is 11.3 Å². The second kappa shape index (κ2) is 8.63. The maximum Gasteiger partial charge on any atom is 0.282 e. The Balaban J connectivity index is 1.73. The van der Waals surface area contributed by atoms with Crippen LogP contribution >= 0.6 is 11.3 Å². The van der Waals surface area contributed by atoms with E-state index in [-0.39, 0.29) is 18.0 Å². The zero-order chi connectivity index (χ0) is 19.2. The number of carbonyl (C=O) groups is 1. The van der Waals surface area contributed by atoms with Gasteiger partial charge in [-0.2, -0.15) is 5.26 Å². The van der Waals surface area contributed by atoms with E-state index in [1.54, 1.807) is 35.6 Å². The molecule has 0 saturated heterocycles. The van der Waals surface area contributed by atoms with E-state index in [1.807, 2.05) is 13.0 Å². The van der Waals surface area contributed by atoms with Gasteiger partial charge in [-0.25, -0.2) is 0 Å². The molecule has 0 spiro atoms. The molecule has 3 N–H and O–H groups in total. The number of benzene rings is 2. The first kappa shape index (κ1) is 18.8. The van der Waals surface area contributed by atoms with Gasteiger partial charge in [0.2, 0.25) is 0 Å². The second-order valence-electron chi connectivity index (χ2n) is 6.56. The molecule has 2 aromatic carbocycles. The molecule has 0 aliphatic carbocycles. The van der Waals surface area contributed by atoms with Crippen LogP contribution in [0.25, 0.3) is 0 Å². The largest absolute Gasteiger partial charge is 0.326 e. The van der Waals surface area contributed by atoms with Crippen molar-refractivity contribution >= 4 is 22.9 Å². The number of nitriles is 1. The molecule has 2 atom stereocenters. The lowest BCUT2D eigenvalue weighted by Gasteiger charge is -2.19. The van der Waals surface area contributed by atoms with E-state index in [0.29, 0.717) is 11.3 Å². The Morgan fingerprint density at radius 1 is 1.11 bits per heavy atom. The molecule has 1 aromatic heterocycles. The highest BCUT2D eigenvalue weighted by atomic mass is 32.1. The number of nitrogens with zero attached hydrogens (tertiary/aromatic N) is 1. The molecule has 4 nitrogen and oxygen atoms in total. The number of anilines is 1. The Morgan fingerprint density at radius 2 is 1.81 bits per heavy atom. The van der Waals surface area contributed by atoms with Crippen molar-refractivity contribution in [2.45, 2.75) is 25.9 Å². The maximum absolute atomic E-state index is 12.7. The number of nitrogens with two attached hydrogens (primary N) is 1. The zero-order valence-corrected chi connectivity index (χ0v) is 16.2. The standard InChI is InChI=1S/C22H21N3OS/c1-15-5-9-18(10-6-15)21(20-4-3-13-27-20)24-16(2)22(26)25-19-11-7-17(14-23)8-12-19/h3-13,16,21,24H,1-2H3,(H,25,26)/p+1/t16-,21-/m1/s1. The lowest BCUT2D eigenvalue weighted by molar-refractivity contribution is -0.703. The first-order valence-electron chi connectivity index (χ1n) is 8.83. The molecule has 0 aliphatic rings. The molecular formula is C22H22N3OS+. The van der Waals surface area contributed by atoms with Crippen molar-refractivity contribution in [3.8, 4) is 6.07 Å². The number of nitrogens with one attached hydrogen (secondary N) is 1. The molecule has 1 heterocycles. The third-order valence-corrected chi connectivity index (χ3v) is 5.42. The number of quaternary nitrogens is 1. The van der Waals surface area contributed by atoms with Crippen molar-refractivity contribution in [2.24, 2.45) is 0 Å². The van der Waals surface area contributed by atoms with Crippen LogP contribution in [0.5, 0.6) is 0 Å². The van der Waals surface area contributed by atoms with Gasteiger partial charge >= 0.3 is 0 Å². The number of rotatable bonds is 6. The van der Waals surface area contributed by atoms with Crippen LogP contribution in [0.2, 0.25) is 0 Å². The summed E-state index contributed by atoms with van der Waals surface area (Å²) in [6.07, 6.45) is 0. The van der Waals surface area contributed by atoms with Crippen LogP contribution < -0.4 is 10.6 Å². The van der Waals surface area contributed by atoms with Gasteiger partial charge in [-0.05, 0) is 49.6 Å².